The maximum atomic E-state index is 4.46. The highest BCUT2D eigenvalue weighted by atomic mass is 15.3. The molecule has 0 saturated heterocycles. The Morgan fingerprint density at radius 2 is 2.18 bits per heavy atom. The van der Waals surface area contributed by atoms with Crippen molar-refractivity contribution in [3.05, 3.63) is 17.0 Å². The average Bonchev–Trinajstić information content (AvgIpc) is 2.37. The molecular formula is C9H14N2. The van der Waals surface area contributed by atoms with Crippen LogP contribution in [0, 0.1) is 12.8 Å². The van der Waals surface area contributed by atoms with Crippen LogP contribution in [0.3, 0.4) is 0 Å². The molecule has 0 aliphatic heterocycles. The van der Waals surface area contributed by atoms with Crippen molar-refractivity contribution in [3.63, 3.8) is 0 Å². The van der Waals surface area contributed by atoms with Crippen LogP contribution in [0.1, 0.15) is 23.9 Å². The van der Waals surface area contributed by atoms with Gasteiger partial charge in [-0.3, -0.25) is 4.68 Å². The molecule has 1 unspecified atom stereocenters. The van der Waals surface area contributed by atoms with Crippen molar-refractivity contribution in [3.8, 4) is 0 Å². The van der Waals surface area contributed by atoms with Gasteiger partial charge >= 0.3 is 0 Å². The van der Waals surface area contributed by atoms with Crippen LogP contribution in [0.15, 0.2) is 0 Å². The van der Waals surface area contributed by atoms with Crippen LogP contribution < -0.4 is 0 Å². The second-order valence-electron chi connectivity index (χ2n) is 3.65. The zero-order chi connectivity index (χ0) is 8.01. The Kier molecular flexibility index (Phi) is 1.31. The Bertz CT molecular complexity index is 286. The van der Waals surface area contributed by atoms with Crippen LogP contribution in [-0.2, 0) is 19.9 Å². The van der Waals surface area contributed by atoms with Crippen molar-refractivity contribution in [1.29, 1.82) is 0 Å². The molecule has 0 aromatic carbocycles. The molecule has 0 N–H and O–H groups in total. The number of nitrogens with zero attached hydrogens (tertiary/aromatic N) is 2. The lowest BCUT2D eigenvalue weighted by Gasteiger charge is -2.00. The number of fused-ring (bicyclic) bond motifs is 1. The van der Waals surface area contributed by atoms with Crippen molar-refractivity contribution >= 4 is 0 Å². The third kappa shape index (κ3) is 0.889. The standard InChI is InChI=1S/C9H14N2/c1-6-4-8-7(2)11(3)10-9(8)5-6/h6H,4-5H2,1-3H3. The Balaban J connectivity index is 2.48. The van der Waals surface area contributed by atoms with Crippen LogP contribution in [0.25, 0.3) is 0 Å². The molecule has 0 fully saturated rings. The largest absolute Gasteiger partial charge is 0.272 e. The molecule has 0 amide bonds. The van der Waals surface area contributed by atoms with E-state index in [4.69, 9.17) is 0 Å². The summed E-state index contributed by atoms with van der Waals surface area (Å²) in [5.74, 6) is 0.812. The van der Waals surface area contributed by atoms with Gasteiger partial charge in [-0.2, -0.15) is 5.10 Å². The van der Waals surface area contributed by atoms with Gasteiger partial charge in [-0.1, -0.05) is 6.92 Å². The molecule has 60 valence electrons. The molecular weight excluding hydrogens is 136 g/mol. The summed E-state index contributed by atoms with van der Waals surface area (Å²) < 4.78 is 2.00. The highest BCUT2D eigenvalue weighted by molar-refractivity contribution is 5.30. The number of hydrogen-bond acceptors (Lipinski definition) is 1. The second kappa shape index (κ2) is 2.10. The van der Waals surface area contributed by atoms with E-state index >= 15 is 0 Å². The maximum Gasteiger partial charge on any atom is 0.0662 e. The fourth-order valence-electron chi connectivity index (χ4n) is 1.90. The molecule has 1 aliphatic carbocycles. The third-order valence-corrected chi connectivity index (χ3v) is 2.64. The van der Waals surface area contributed by atoms with Crippen molar-refractivity contribution in [2.45, 2.75) is 26.7 Å². The molecule has 2 heteroatoms. The van der Waals surface area contributed by atoms with E-state index in [2.05, 4.69) is 18.9 Å². The minimum absolute atomic E-state index is 0.812. The molecule has 1 aliphatic rings. The first kappa shape index (κ1) is 6.89. The van der Waals surface area contributed by atoms with E-state index in [1.165, 1.54) is 29.8 Å². The molecule has 0 spiro atoms. The Labute approximate surface area is 67.2 Å². The molecule has 0 saturated carbocycles. The Hall–Kier alpha value is -0.790. The molecule has 0 bridgehead atoms. The molecule has 0 radical (unpaired) electrons. The summed E-state index contributed by atoms with van der Waals surface area (Å²) in [6.07, 6.45) is 2.41. The van der Waals surface area contributed by atoms with Gasteiger partial charge in [0.05, 0.1) is 5.69 Å². The Morgan fingerprint density at radius 3 is 2.82 bits per heavy atom. The topological polar surface area (TPSA) is 17.8 Å². The highest BCUT2D eigenvalue weighted by Gasteiger charge is 2.23. The molecule has 2 nitrogen and oxygen atoms in total. The summed E-state index contributed by atoms with van der Waals surface area (Å²) in [6, 6.07) is 0. The van der Waals surface area contributed by atoms with Gasteiger partial charge in [-0.15, -0.1) is 0 Å². The van der Waals surface area contributed by atoms with Gasteiger partial charge in [-0.25, -0.2) is 0 Å². The van der Waals surface area contributed by atoms with Gasteiger partial charge in [0.2, 0.25) is 0 Å². The summed E-state index contributed by atoms with van der Waals surface area (Å²) >= 11 is 0. The van der Waals surface area contributed by atoms with Crippen LogP contribution >= 0.6 is 0 Å². The van der Waals surface area contributed by atoms with Crippen molar-refractivity contribution in [1.82, 2.24) is 9.78 Å². The van der Waals surface area contributed by atoms with E-state index < -0.39 is 0 Å². The summed E-state index contributed by atoms with van der Waals surface area (Å²) in [6.45, 7) is 4.45. The van der Waals surface area contributed by atoms with Crippen molar-refractivity contribution < 1.29 is 0 Å². The lowest BCUT2D eigenvalue weighted by atomic mass is 10.1. The lowest BCUT2D eigenvalue weighted by Crippen LogP contribution is -1.99. The van der Waals surface area contributed by atoms with Gasteiger partial charge < -0.3 is 0 Å². The molecule has 1 aromatic rings. The molecule has 2 rings (SSSR count). The first-order valence-electron chi connectivity index (χ1n) is 4.20. The minimum atomic E-state index is 0.812. The van der Waals surface area contributed by atoms with E-state index in [-0.39, 0.29) is 0 Å². The SMILES string of the molecule is Cc1c2c(nn1C)CC(C)C2. The highest BCUT2D eigenvalue weighted by Crippen LogP contribution is 2.27. The average molecular weight is 150 g/mol. The normalized spacial score (nSPS) is 22.3. The Morgan fingerprint density at radius 1 is 1.45 bits per heavy atom. The summed E-state index contributed by atoms with van der Waals surface area (Å²) in [5, 5.41) is 4.46. The second-order valence-corrected chi connectivity index (χ2v) is 3.65. The lowest BCUT2D eigenvalue weighted by molar-refractivity contribution is 0.595. The number of rotatable bonds is 0. The molecule has 11 heavy (non-hydrogen) atoms. The third-order valence-electron chi connectivity index (χ3n) is 2.64. The molecule has 1 atom stereocenters. The summed E-state index contributed by atoms with van der Waals surface area (Å²) in [5.41, 5.74) is 4.18. The van der Waals surface area contributed by atoms with E-state index in [0.717, 1.165) is 5.92 Å². The molecule has 1 aromatic heterocycles. The fourth-order valence-corrected chi connectivity index (χ4v) is 1.90. The number of aryl methyl sites for hydroxylation is 1. The first-order chi connectivity index (χ1) is 5.18. The van der Waals surface area contributed by atoms with Gasteiger partial charge in [0.15, 0.2) is 0 Å². The van der Waals surface area contributed by atoms with Crippen molar-refractivity contribution in [2.24, 2.45) is 13.0 Å². The zero-order valence-corrected chi connectivity index (χ0v) is 7.39. The van der Waals surface area contributed by atoms with Crippen LogP contribution in [0.4, 0.5) is 0 Å². The predicted octanol–water partition coefficient (Wildman–Crippen LogP) is 1.46. The van der Waals surface area contributed by atoms with E-state index in [0.29, 0.717) is 0 Å². The van der Waals surface area contributed by atoms with Crippen LogP contribution in [-0.4, -0.2) is 9.78 Å². The predicted molar refractivity (Wildman–Crippen MR) is 44.5 cm³/mol. The quantitative estimate of drug-likeness (QED) is 0.547. The van der Waals surface area contributed by atoms with Gasteiger partial charge in [-0.05, 0) is 31.2 Å². The van der Waals surface area contributed by atoms with Crippen molar-refractivity contribution in [2.75, 3.05) is 0 Å². The van der Waals surface area contributed by atoms with E-state index in [1.54, 1.807) is 0 Å². The smallest absolute Gasteiger partial charge is 0.0662 e. The number of hydrogen-bond donors (Lipinski definition) is 0. The van der Waals surface area contributed by atoms with Gasteiger partial charge in [0, 0.05) is 12.7 Å². The van der Waals surface area contributed by atoms with Crippen LogP contribution in [0.5, 0.6) is 0 Å². The minimum Gasteiger partial charge on any atom is -0.272 e. The van der Waals surface area contributed by atoms with Crippen LogP contribution in [0.2, 0.25) is 0 Å². The molecule has 1 heterocycles. The first-order valence-corrected chi connectivity index (χ1v) is 4.20. The maximum absolute atomic E-state index is 4.46. The zero-order valence-electron chi connectivity index (χ0n) is 7.39. The van der Waals surface area contributed by atoms with E-state index in [1.807, 2.05) is 11.7 Å². The van der Waals surface area contributed by atoms with Gasteiger partial charge in [0.1, 0.15) is 0 Å². The summed E-state index contributed by atoms with van der Waals surface area (Å²) in [7, 11) is 2.03. The monoisotopic (exact) mass is 150 g/mol. The number of aromatic nitrogens is 2. The summed E-state index contributed by atoms with van der Waals surface area (Å²) in [4.78, 5) is 0. The van der Waals surface area contributed by atoms with Gasteiger partial charge in [0.25, 0.3) is 0 Å². The van der Waals surface area contributed by atoms with E-state index in [9.17, 15) is 0 Å². The fraction of sp³-hybridized carbons (Fsp3) is 0.667.